The Labute approximate surface area is 182 Å². The van der Waals surface area contributed by atoms with Crippen LogP contribution in [0.1, 0.15) is 6.92 Å². The summed E-state index contributed by atoms with van der Waals surface area (Å²) in [4.78, 5) is 16.9. The van der Waals surface area contributed by atoms with E-state index < -0.39 is 15.3 Å². The molecule has 1 amide bonds. The highest BCUT2D eigenvalue weighted by molar-refractivity contribution is 8.00. The quantitative estimate of drug-likeness (QED) is 0.529. The first-order valence-corrected chi connectivity index (χ1v) is 11.4. The van der Waals surface area contributed by atoms with Crippen LogP contribution in [0.15, 0.2) is 50.9 Å². The molecule has 0 fully saturated rings. The highest BCUT2D eigenvalue weighted by Crippen LogP contribution is 2.30. The second-order valence-corrected chi connectivity index (χ2v) is 10.6. The smallest absolute Gasteiger partial charge is 0.257 e. The van der Waals surface area contributed by atoms with Crippen LogP contribution in [0.4, 0.5) is 5.69 Å². The van der Waals surface area contributed by atoms with Crippen molar-refractivity contribution in [3.63, 3.8) is 0 Å². The van der Waals surface area contributed by atoms with Gasteiger partial charge in [-0.2, -0.15) is 0 Å². The van der Waals surface area contributed by atoms with Gasteiger partial charge in [-0.1, -0.05) is 35.0 Å². The van der Waals surface area contributed by atoms with E-state index in [0.717, 1.165) is 16.1 Å². The van der Waals surface area contributed by atoms with Crippen molar-refractivity contribution < 1.29 is 17.6 Å². The van der Waals surface area contributed by atoms with Crippen LogP contribution in [0, 0.1) is 0 Å². The van der Waals surface area contributed by atoms with Crippen molar-refractivity contribution in [2.75, 3.05) is 19.4 Å². The van der Waals surface area contributed by atoms with E-state index in [4.69, 9.17) is 27.6 Å². The van der Waals surface area contributed by atoms with Gasteiger partial charge in [-0.15, -0.1) is 0 Å². The number of aromatic nitrogens is 1. The predicted octanol–water partition coefficient (Wildman–Crippen LogP) is 4.50. The third kappa shape index (κ3) is 4.87. The highest BCUT2D eigenvalue weighted by Gasteiger charge is 2.21. The van der Waals surface area contributed by atoms with E-state index in [9.17, 15) is 13.2 Å². The Bertz CT molecular complexity index is 1180. The molecule has 3 aromatic rings. The molecule has 154 valence electrons. The summed E-state index contributed by atoms with van der Waals surface area (Å²) < 4.78 is 31.3. The average Bonchev–Trinajstić information content (AvgIpc) is 3.05. The minimum atomic E-state index is -3.58. The van der Waals surface area contributed by atoms with Crippen LogP contribution in [0.5, 0.6) is 0 Å². The van der Waals surface area contributed by atoms with Crippen molar-refractivity contribution >= 4 is 67.7 Å². The van der Waals surface area contributed by atoms with Crippen molar-refractivity contribution in [2.45, 2.75) is 22.3 Å². The fraction of sp³-hybridized carbons (Fsp3) is 0.222. The fourth-order valence-electron chi connectivity index (χ4n) is 2.34. The Morgan fingerprint density at radius 3 is 2.62 bits per heavy atom. The molecule has 11 heteroatoms. The number of oxazole rings is 1. The van der Waals surface area contributed by atoms with E-state index in [1.165, 1.54) is 26.2 Å². The Balaban J connectivity index is 1.77. The minimum absolute atomic E-state index is 0.112. The molecule has 0 bridgehead atoms. The van der Waals surface area contributed by atoms with Gasteiger partial charge in [0.05, 0.1) is 20.9 Å². The van der Waals surface area contributed by atoms with Gasteiger partial charge in [-0.3, -0.25) is 4.79 Å². The van der Waals surface area contributed by atoms with Gasteiger partial charge in [0.2, 0.25) is 15.9 Å². The van der Waals surface area contributed by atoms with Crippen LogP contribution in [-0.2, 0) is 14.8 Å². The SMILES string of the molecule is CC(Sc1nc2cc(S(=O)(=O)N(C)C)ccc2o1)C(=O)Nc1cc(Cl)ccc1Cl. The molecule has 1 N–H and O–H groups in total. The van der Waals surface area contributed by atoms with E-state index >= 15 is 0 Å². The molecule has 1 unspecified atom stereocenters. The molecular formula is C18H17Cl2N3O4S2. The summed E-state index contributed by atoms with van der Waals surface area (Å²) in [6, 6.07) is 9.21. The lowest BCUT2D eigenvalue weighted by Crippen LogP contribution is -2.22. The molecule has 29 heavy (non-hydrogen) atoms. The Kier molecular flexibility index (Phi) is 6.45. The fourth-order valence-corrected chi connectivity index (χ4v) is 4.36. The lowest BCUT2D eigenvalue weighted by Gasteiger charge is -2.11. The highest BCUT2D eigenvalue weighted by atomic mass is 35.5. The number of nitrogens with one attached hydrogen (secondary N) is 1. The zero-order valence-electron chi connectivity index (χ0n) is 15.6. The molecule has 0 saturated heterocycles. The van der Waals surface area contributed by atoms with Gasteiger partial charge in [-0.25, -0.2) is 17.7 Å². The lowest BCUT2D eigenvalue weighted by atomic mass is 10.3. The van der Waals surface area contributed by atoms with Crippen molar-refractivity contribution in [1.29, 1.82) is 0 Å². The van der Waals surface area contributed by atoms with Crippen molar-refractivity contribution in [2.24, 2.45) is 0 Å². The number of benzene rings is 2. The lowest BCUT2D eigenvalue weighted by molar-refractivity contribution is -0.115. The number of thioether (sulfide) groups is 1. The summed E-state index contributed by atoms with van der Waals surface area (Å²) >= 11 is 13.1. The molecular weight excluding hydrogens is 457 g/mol. The van der Waals surface area contributed by atoms with Gasteiger partial charge < -0.3 is 9.73 Å². The van der Waals surface area contributed by atoms with Crippen molar-refractivity contribution in [1.82, 2.24) is 9.29 Å². The summed E-state index contributed by atoms with van der Waals surface area (Å²) in [5.41, 5.74) is 1.23. The molecule has 1 heterocycles. The standard InChI is InChI=1S/C18H17Cl2N3O4S2/c1-10(17(24)21-14-8-11(19)4-6-13(14)20)28-18-22-15-9-12(5-7-16(15)27-18)29(25,26)23(2)3/h4-10H,1-3H3,(H,21,24). The summed E-state index contributed by atoms with van der Waals surface area (Å²) in [6.07, 6.45) is 0. The molecule has 1 atom stereocenters. The number of nitrogens with zero attached hydrogens (tertiary/aromatic N) is 2. The number of amides is 1. The first-order chi connectivity index (χ1) is 13.6. The minimum Gasteiger partial charge on any atom is -0.431 e. The number of fused-ring (bicyclic) bond motifs is 1. The van der Waals surface area contributed by atoms with E-state index in [1.807, 2.05) is 0 Å². The first kappa shape index (κ1) is 21.9. The van der Waals surface area contributed by atoms with Crippen LogP contribution in [-0.4, -0.2) is 43.0 Å². The van der Waals surface area contributed by atoms with E-state index in [0.29, 0.717) is 26.8 Å². The first-order valence-electron chi connectivity index (χ1n) is 8.33. The molecule has 2 aromatic carbocycles. The van der Waals surface area contributed by atoms with Crippen LogP contribution in [0.25, 0.3) is 11.1 Å². The largest absolute Gasteiger partial charge is 0.431 e. The van der Waals surface area contributed by atoms with E-state index in [-0.39, 0.29) is 16.0 Å². The zero-order valence-corrected chi connectivity index (χ0v) is 18.8. The number of sulfonamides is 1. The van der Waals surface area contributed by atoms with Crippen LogP contribution in [0.3, 0.4) is 0 Å². The zero-order chi connectivity index (χ0) is 21.3. The predicted molar refractivity (Wildman–Crippen MR) is 115 cm³/mol. The topological polar surface area (TPSA) is 92.5 Å². The van der Waals surface area contributed by atoms with Gasteiger partial charge in [-0.05, 0) is 43.3 Å². The normalized spacial score (nSPS) is 13.0. The third-order valence-electron chi connectivity index (χ3n) is 3.95. The molecule has 0 aliphatic heterocycles. The average molecular weight is 474 g/mol. The van der Waals surface area contributed by atoms with Crippen LogP contribution >= 0.6 is 35.0 Å². The van der Waals surface area contributed by atoms with Crippen molar-refractivity contribution in [3.05, 3.63) is 46.4 Å². The number of carbonyl (C=O) groups excluding carboxylic acids is 1. The number of hydrogen-bond donors (Lipinski definition) is 1. The maximum atomic E-state index is 12.5. The molecule has 7 nitrogen and oxygen atoms in total. The summed E-state index contributed by atoms with van der Waals surface area (Å²) in [5.74, 6) is -0.308. The number of anilines is 1. The van der Waals surface area contributed by atoms with E-state index in [1.54, 1.807) is 31.2 Å². The molecule has 3 rings (SSSR count). The Hall–Kier alpha value is -1.78. The van der Waals surface area contributed by atoms with Gasteiger partial charge in [0.15, 0.2) is 5.58 Å². The second-order valence-electron chi connectivity index (χ2n) is 6.27. The number of halogens is 2. The summed E-state index contributed by atoms with van der Waals surface area (Å²) in [7, 11) is -0.671. The van der Waals surface area contributed by atoms with E-state index in [2.05, 4.69) is 10.3 Å². The van der Waals surface area contributed by atoms with Gasteiger partial charge in [0.1, 0.15) is 5.52 Å². The summed E-state index contributed by atoms with van der Waals surface area (Å²) in [6.45, 7) is 1.69. The van der Waals surface area contributed by atoms with Gasteiger partial charge >= 0.3 is 0 Å². The Morgan fingerprint density at radius 2 is 1.93 bits per heavy atom. The second kappa shape index (κ2) is 8.53. The molecule has 1 aromatic heterocycles. The van der Waals surface area contributed by atoms with Crippen molar-refractivity contribution in [3.8, 4) is 0 Å². The Morgan fingerprint density at radius 1 is 1.21 bits per heavy atom. The maximum Gasteiger partial charge on any atom is 0.257 e. The summed E-state index contributed by atoms with van der Waals surface area (Å²) in [5, 5.41) is 3.24. The molecule has 0 aliphatic carbocycles. The molecule has 0 spiro atoms. The molecule has 0 saturated carbocycles. The monoisotopic (exact) mass is 473 g/mol. The molecule has 0 radical (unpaired) electrons. The van der Waals surface area contributed by atoms with Gasteiger partial charge in [0, 0.05) is 19.1 Å². The van der Waals surface area contributed by atoms with Crippen LogP contribution in [0.2, 0.25) is 10.0 Å². The molecule has 0 aliphatic rings. The number of rotatable bonds is 6. The van der Waals surface area contributed by atoms with Crippen LogP contribution < -0.4 is 5.32 Å². The third-order valence-corrected chi connectivity index (χ3v) is 7.27. The number of carbonyl (C=O) groups is 1. The maximum absolute atomic E-state index is 12.5. The van der Waals surface area contributed by atoms with Gasteiger partial charge in [0.25, 0.3) is 5.22 Å². The number of hydrogen-bond acceptors (Lipinski definition) is 6.